The number of nitrogens with one attached hydrogen (secondary N) is 1. The van der Waals surface area contributed by atoms with Gasteiger partial charge < -0.3 is 10.4 Å². The van der Waals surface area contributed by atoms with Crippen molar-refractivity contribution in [3.8, 4) is 5.75 Å². The van der Waals surface area contributed by atoms with Gasteiger partial charge in [-0.15, -0.1) is 0 Å². The van der Waals surface area contributed by atoms with Crippen LogP contribution in [-0.2, 0) is 0 Å². The maximum Gasteiger partial charge on any atom is 0.304 e. The molecule has 0 aliphatic rings. The van der Waals surface area contributed by atoms with Crippen LogP contribution in [0.5, 0.6) is 5.75 Å². The lowest BCUT2D eigenvalue weighted by molar-refractivity contribution is -0.387. The van der Waals surface area contributed by atoms with E-state index in [2.05, 4.69) is 5.32 Å². The van der Waals surface area contributed by atoms with E-state index in [1.165, 1.54) is 6.07 Å². The largest absolute Gasteiger partial charge is 0.508 e. The maximum absolute atomic E-state index is 13.5. The molecule has 0 amide bonds. The van der Waals surface area contributed by atoms with Crippen LogP contribution in [0.25, 0.3) is 0 Å². The Balaban J connectivity index is 2.15. The third kappa shape index (κ3) is 3.03. The molecule has 2 aromatic carbocycles. The summed E-state index contributed by atoms with van der Waals surface area (Å²) in [5.74, 6) is -0.708. The highest BCUT2D eigenvalue weighted by molar-refractivity contribution is 5.51. The molecule has 0 heterocycles. The summed E-state index contributed by atoms with van der Waals surface area (Å²) in [6.07, 6.45) is 0. The molecule has 2 rings (SSSR count). The van der Waals surface area contributed by atoms with Gasteiger partial charge in [0.2, 0.25) is 5.82 Å². The number of phenols is 1. The Hall–Kier alpha value is -2.63. The molecule has 2 N–H and O–H groups in total. The fourth-order valence-electron chi connectivity index (χ4n) is 1.84. The second kappa shape index (κ2) is 5.56. The molecule has 0 fully saturated rings. The number of nitro groups is 1. The Morgan fingerprint density at radius 1 is 1.25 bits per heavy atom. The summed E-state index contributed by atoms with van der Waals surface area (Å²) in [7, 11) is 0. The number of halogens is 1. The zero-order valence-corrected chi connectivity index (χ0v) is 10.7. The second-order valence-electron chi connectivity index (χ2n) is 4.38. The molecular weight excluding hydrogens is 263 g/mol. The molecule has 0 radical (unpaired) electrons. The highest BCUT2D eigenvalue weighted by Crippen LogP contribution is 2.25. The van der Waals surface area contributed by atoms with Crippen molar-refractivity contribution in [2.24, 2.45) is 0 Å². The maximum atomic E-state index is 13.5. The molecular formula is C14H13FN2O3. The van der Waals surface area contributed by atoms with Crippen LogP contribution in [0, 0.1) is 15.9 Å². The highest BCUT2D eigenvalue weighted by atomic mass is 19.1. The van der Waals surface area contributed by atoms with Crippen LogP contribution in [0.15, 0.2) is 42.5 Å². The van der Waals surface area contributed by atoms with E-state index in [0.29, 0.717) is 5.69 Å². The van der Waals surface area contributed by atoms with Gasteiger partial charge in [0.05, 0.1) is 4.92 Å². The van der Waals surface area contributed by atoms with Gasteiger partial charge in [-0.25, -0.2) is 0 Å². The van der Waals surface area contributed by atoms with Gasteiger partial charge in [0, 0.05) is 23.9 Å². The van der Waals surface area contributed by atoms with E-state index >= 15 is 0 Å². The third-order valence-corrected chi connectivity index (χ3v) is 2.92. The normalized spacial score (nSPS) is 11.9. The van der Waals surface area contributed by atoms with Crippen molar-refractivity contribution >= 4 is 11.4 Å². The average Bonchev–Trinajstić information content (AvgIpc) is 2.39. The van der Waals surface area contributed by atoms with Gasteiger partial charge in [-0.3, -0.25) is 10.1 Å². The first-order valence-corrected chi connectivity index (χ1v) is 5.97. The molecule has 0 aliphatic carbocycles. The molecule has 2 aromatic rings. The minimum atomic E-state index is -0.877. The lowest BCUT2D eigenvalue weighted by Crippen LogP contribution is -2.06. The fraction of sp³-hybridized carbons (Fsp3) is 0.143. The van der Waals surface area contributed by atoms with E-state index < -0.39 is 16.4 Å². The van der Waals surface area contributed by atoms with Crippen LogP contribution in [0.4, 0.5) is 15.8 Å². The summed E-state index contributed by atoms with van der Waals surface area (Å²) in [6.45, 7) is 1.87. The van der Waals surface area contributed by atoms with Crippen molar-refractivity contribution in [3.63, 3.8) is 0 Å². The molecule has 6 heteroatoms. The predicted octanol–water partition coefficient (Wildman–Crippen LogP) is 3.61. The Morgan fingerprint density at radius 2 is 1.90 bits per heavy atom. The number of hydrogen-bond donors (Lipinski definition) is 2. The minimum absolute atomic E-state index is 0.128. The molecule has 0 spiro atoms. The number of benzene rings is 2. The average molecular weight is 276 g/mol. The van der Waals surface area contributed by atoms with Gasteiger partial charge in [-0.2, -0.15) is 4.39 Å². The first-order chi connectivity index (χ1) is 9.47. The first kappa shape index (κ1) is 13.8. The lowest BCUT2D eigenvalue weighted by atomic mass is 10.1. The first-order valence-electron chi connectivity index (χ1n) is 5.97. The molecule has 5 nitrogen and oxygen atoms in total. The van der Waals surface area contributed by atoms with Gasteiger partial charge in [0.25, 0.3) is 0 Å². The van der Waals surface area contributed by atoms with Crippen molar-refractivity contribution in [1.29, 1.82) is 0 Å². The number of rotatable bonds is 4. The summed E-state index contributed by atoms with van der Waals surface area (Å²) in [5.41, 5.74) is 0.808. The van der Waals surface area contributed by atoms with Crippen molar-refractivity contribution < 1.29 is 14.4 Å². The SMILES string of the molecule is CC(Nc1ccc([N+](=O)[O-])c(F)c1)c1ccc(O)cc1. The summed E-state index contributed by atoms with van der Waals surface area (Å²) < 4.78 is 13.5. The van der Waals surface area contributed by atoms with Crippen molar-refractivity contribution in [1.82, 2.24) is 0 Å². The smallest absolute Gasteiger partial charge is 0.304 e. The monoisotopic (exact) mass is 276 g/mol. The van der Waals surface area contributed by atoms with Crippen molar-refractivity contribution in [2.45, 2.75) is 13.0 Å². The molecule has 1 atom stereocenters. The second-order valence-corrected chi connectivity index (χ2v) is 4.38. The quantitative estimate of drug-likeness (QED) is 0.660. The standard InChI is InChI=1S/C14H13FN2O3/c1-9(10-2-5-12(18)6-3-10)16-11-4-7-14(17(19)20)13(15)8-11/h2-9,16,18H,1H3. The van der Waals surface area contributed by atoms with Gasteiger partial charge in [0.1, 0.15) is 5.75 Å². The summed E-state index contributed by atoms with van der Waals surface area (Å²) in [6, 6.07) is 10.2. The summed E-state index contributed by atoms with van der Waals surface area (Å²) in [5, 5.41) is 22.8. The van der Waals surface area contributed by atoms with E-state index in [1.54, 1.807) is 24.3 Å². The van der Waals surface area contributed by atoms with E-state index in [9.17, 15) is 19.6 Å². The Kier molecular flexibility index (Phi) is 3.84. The van der Waals surface area contributed by atoms with E-state index in [1.807, 2.05) is 6.92 Å². The fourth-order valence-corrected chi connectivity index (χ4v) is 1.84. The van der Waals surface area contributed by atoms with Crippen LogP contribution < -0.4 is 5.32 Å². The minimum Gasteiger partial charge on any atom is -0.508 e. The lowest BCUT2D eigenvalue weighted by Gasteiger charge is -2.15. The zero-order chi connectivity index (χ0) is 14.7. The molecule has 0 aliphatic heterocycles. The van der Waals surface area contributed by atoms with Gasteiger partial charge in [-0.05, 0) is 30.7 Å². The molecule has 20 heavy (non-hydrogen) atoms. The number of nitro benzene ring substituents is 1. The number of phenolic OH excluding ortho intramolecular Hbond substituents is 1. The number of aromatic hydroxyl groups is 1. The zero-order valence-electron chi connectivity index (χ0n) is 10.7. The number of hydrogen-bond acceptors (Lipinski definition) is 4. The molecule has 0 aromatic heterocycles. The molecule has 0 saturated carbocycles. The molecule has 1 unspecified atom stereocenters. The van der Waals surface area contributed by atoms with Crippen molar-refractivity contribution in [2.75, 3.05) is 5.32 Å². The van der Waals surface area contributed by atoms with E-state index in [4.69, 9.17) is 0 Å². The molecule has 0 bridgehead atoms. The highest BCUT2D eigenvalue weighted by Gasteiger charge is 2.14. The topological polar surface area (TPSA) is 75.4 Å². The summed E-state index contributed by atoms with van der Waals surface area (Å²) in [4.78, 5) is 9.77. The van der Waals surface area contributed by atoms with Gasteiger partial charge >= 0.3 is 5.69 Å². The Morgan fingerprint density at radius 3 is 2.45 bits per heavy atom. The van der Waals surface area contributed by atoms with Crippen LogP contribution in [0.2, 0.25) is 0 Å². The summed E-state index contributed by atoms with van der Waals surface area (Å²) >= 11 is 0. The van der Waals surface area contributed by atoms with E-state index in [-0.39, 0.29) is 11.8 Å². The predicted molar refractivity (Wildman–Crippen MR) is 73.2 cm³/mol. The number of nitrogens with zero attached hydrogens (tertiary/aromatic N) is 1. The molecule has 104 valence electrons. The van der Waals surface area contributed by atoms with Crippen LogP contribution in [-0.4, -0.2) is 10.0 Å². The van der Waals surface area contributed by atoms with Gasteiger partial charge in [-0.1, -0.05) is 12.1 Å². The van der Waals surface area contributed by atoms with Crippen LogP contribution in [0.3, 0.4) is 0 Å². The Labute approximate surface area is 114 Å². The van der Waals surface area contributed by atoms with Crippen LogP contribution >= 0.6 is 0 Å². The van der Waals surface area contributed by atoms with Gasteiger partial charge in [0.15, 0.2) is 0 Å². The Bertz CT molecular complexity index is 629. The van der Waals surface area contributed by atoms with Crippen molar-refractivity contribution in [3.05, 3.63) is 64.0 Å². The third-order valence-electron chi connectivity index (χ3n) is 2.92. The van der Waals surface area contributed by atoms with Crippen LogP contribution in [0.1, 0.15) is 18.5 Å². The van der Waals surface area contributed by atoms with E-state index in [0.717, 1.165) is 17.7 Å². The number of anilines is 1. The molecule has 0 saturated heterocycles.